The fourth-order valence-corrected chi connectivity index (χ4v) is 8.40. The molecule has 0 saturated carbocycles. The number of aryl methyl sites for hydroxylation is 1. The number of hydrogen-bond donors (Lipinski definition) is 1. The molecule has 43 heavy (non-hydrogen) atoms. The van der Waals surface area contributed by atoms with Crippen LogP contribution in [0.3, 0.4) is 0 Å². The highest BCUT2D eigenvalue weighted by Gasteiger charge is 2.50. The van der Waals surface area contributed by atoms with Gasteiger partial charge in [-0.25, -0.2) is 13.8 Å². The molecule has 2 aromatic carbocycles. The number of nitrogens with zero attached hydrogens (tertiary/aromatic N) is 5. The fraction of sp³-hybridized carbons (Fsp3) is 0.485. The van der Waals surface area contributed by atoms with Gasteiger partial charge in [0.2, 0.25) is 5.88 Å². The minimum Gasteiger partial charge on any atom is -0.475 e. The van der Waals surface area contributed by atoms with Crippen LogP contribution in [0.4, 0.5) is 14.6 Å². The van der Waals surface area contributed by atoms with Crippen molar-refractivity contribution in [3.05, 3.63) is 47.8 Å². The van der Waals surface area contributed by atoms with Crippen LogP contribution in [0.25, 0.3) is 32.9 Å². The monoisotopic (exact) mass is 584 g/mol. The van der Waals surface area contributed by atoms with E-state index >= 15 is 4.39 Å². The first kappa shape index (κ1) is 25.8. The zero-order valence-corrected chi connectivity index (χ0v) is 24.2. The minimum absolute atomic E-state index is 0.0247. The molecule has 8 nitrogen and oxygen atoms in total. The van der Waals surface area contributed by atoms with Crippen molar-refractivity contribution >= 4 is 27.5 Å². The standard InChI is InChI=1S/C33H34F2N6O2/c1-18-6-7-19-4-2-5-22(23(19)12-18)28-27(35)29-26-30(41-15-21-8-9-24(36-21)25(41)16-42-31(26)37-28)39-32(38-29)43-17-33-10-3-11-40(33)14-20(34)13-33/h2,4-7,12,20-21,24-25,36H,3,8-11,13-17H2,1H3/t20-,21?,24?,25?,33+/m1/s1. The second-order valence-electron chi connectivity index (χ2n) is 13.1. The minimum atomic E-state index is -0.863. The third-order valence-corrected chi connectivity index (χ3v) is 10.5. The van der Waals surface area contributed by atoms with E-state index in [-0.39, 0.29) is 41.5 Å². The third kappa shape index (κ3) is 3.95. The number of aromatic nitrogens is 3. The van der Waals surface area contributed by atoms with Gasteiger partial charge in [0.05, 0.1) is 11.6 Å². The molecule has 0 amide bonds. The summed E-state index contributed by atoms with van der Waals surface area (Å²) in [6.45, 7) is 4.76. The number of alkyl halides is 1. The van der Waals surface area contributed by atoms with Gasteiger partial charge in [0.1, 0.15) is 41.8 Å². The molecule has 2 bridgehead atoms. The first-order valence-electron chi connectivity index (χ1n) is 15.5. The molecule has 5 atom stereocenters. The van der Waals surface area contributed by atoms with E-state index in [0.29, 0.717) is 48.3 Å². The van der Waals surface area contributed by atoms with Crippen LogP contribution in [-0.4, -0.2) is 82.5 Å². The average molecular weight is 585 g/mol. The highest BCUT2D eigenvalue weighted by Crippen LogP contribution is 2.44. The molecule has 10 heteroatoms. The van der Waals surface area contributed by atoms with Crippen molar-refractivity contribution in [1.29, 1.82) is 0 Å². The SMILES string of the molecule is Cc1ccc2cccc(-c3nc4c5c(nc(OC[C@@]67CCCN6C[C@H](F)C7)nc5c3F)N3CC5CCC(N5)C3CO4)c2c1. The van der Waals surface area contributed by atoms with E-state index in [9.17, 15) is 4.39 Å². The number of pyridine rings is 1. The number of rotatable bonds is 4. The van der Waals surface area contributed by atoms with Crippen LogP contribution in [0.15, 0.2) is 36.4 Å². The van der Waals surface area contributed by atoms with E-state index < -0.39 is 12.0 Å². The topological polar surface area (TPSA) is 75.6 Å². The summed E-state index contributed by atoms with van der Waals surface area (Å²) in [6, 6.07) is 12.7. The Bertz CT molecular complexity index is 1790. The maximum Gasteiger partial charge on any atom is 0.319 e. The Morgan fingerprint density at radius 1 is 1.14 bits per heavy atom. The lowest BCUT2D eigenvalue weighted by Gasteiger charge is -2.40. The van der Waals surface area contributed by atoms with E-state index in [1.54, 1.807) is 0 Å². The molecule has 3 unspecified atom stereocenters. The average Bonchev–Trinajstić information content (AvgIpc) is 3.64. The Kier molecular flexibility index (Phi) is 5.67. The molecule has 0 spiro atoms. The van der Waals surface area contributed by atoms with Gasteiger partial charge in [-0.1, -0.05) is 42.0 Å². The van der Waals surface area contributed by atoms with Crippen LogP contribution in [-0.2, 0) is 0 Å². The predicted molar refractivity (Wildman–Crippen MR) is 160 cm³/mol. The Morgan fingerprint density at radius 2 is 2.07 bits per heavy atom. The Hall–Kier alpha value is -3.63. The summed E-state index contributed by atoms with van der Waals surface area (Å²) in [6.07, 6.45) is 3.60. The van der Waals surface area contributed by atoms with Gasteiger partial charge in [-0.05, 0) is 49.9 Å². The van der Waals surface area contributed by atoms with Gasteiger partial charge in [-0.2, -0.15) is 9.97 Å². The van der Waals surface area contributed by atoms with Crippen LogP contribution in [0.2, 0.25) is 0 Å². The summed E-state index contributed by atoms with van der Waals surface area (Å²) < 4.78 is 44.1. The fourth-order valence-electron chi connectivity index (χ4n) is 8.40. The van der Waals surface area contributed by atoms with E-state index in [1.807, 2.05) is 31.2 Å². The molecule has 4 aromatic rings. The molecule has 5 aliphatic rings. The Balaban J connectivity index is 1.22. The van der Waals surface area contributed by atoms with Crippen LogP contribution < -0.4 is 19.7 Å². The normalized spacial score (nSPS) is 29.5. The van der Waals surface area contributed by atoms with Crippen molar-refractivity contribution in [3.63, 3.8) is 0 Å². The Morgan fingerprint density at radius 3 is 3.00 bits per heavy atom. The van der Waals surface area contributed by atoms with Crippen molar-refractivity contribution in [2.75, 3.05) is 37.7 Å². The Labute approximate surface area is 248 Å². The lowest BCUT2D eigenvalue weighted by molar-refractivity contribution is 0.107. The number of anilines is 1. The van der Waals surface area contributed by atoms with Crippen molar-refractivity contribution < 1.29 is 18.3 Å². The van der Waals surface area contributed by atoms with Gasteiger partial charge in [-0.3, -0.25) is 4.90 Å². The summed E-state index contributed by atoms with van der Waals surface area (Å²) in [7, 11) is 0. The lowest BCUT2D eigenvalue weighted by atomic mass is 9.95. The van der Waals surface area contributed by atoms with E-state index in [2.05, 4.69) is 27.2 Å². The van der Waals surface area contributed by atoms with Gasteiger partial charge >= 0.3 is 6.01 Å². The van der Waals surface area contributed by atoms with Gasteiger partial charge in [-0.15, -0.1) is 0 Å². The summed E-state index contributed by atoms with van der Waals surface area (Å²) in [4.78, 5) is 18.9. The number of nitrogens with one attached hydrogen (secondary N) is 1. The molecule has 0 aliphatic carbocycles. The quantitative estimate of drug-likeness (QED) is 0.361. The molecule has 222 valence electrons. The summed E-state index contributed by atoms with van der Waals surface area (Å²) in [5.74, 6) is 0.435. The molecule has 2 aromatic heterocycles. The second-order valence-corrected chi connectivity index (χ2v) is 13.1. The lowest BCUT2D eigenvalue weighted by Crippen LogP contribution is -2.60. The maximum atomic E-state index is 16.9. The maximum absolute atomic E-state index is 16.9. The van der Waals surface area contributed by atoms with Crippen LogP contribution >= 0.6 is 0 Å². The number of piperazine rings is 1. The van der Waals surface area contributed by atoms with Crippen molar-refractivity contribution in [2.24, 2.45) is 0 Å². The molecule has 4 fully saturated rings. The largest absolute Gasteiger partial charge is 0.475 e. The second kappa shape index (κ2) is 9.43. The van der Waals surface area contributed by atoms with E-state index in [1.165, 1.54) is 0 Å². The zero-order valence-electron chi connectivity index (χ0n) is 24.2. The molecule has 4 saturated heterocycles. The highest BCUT2D eigenvalue weighted by atomic mass is 19.1. The molecule has 7 heterocycles. The van der Waals surface area contributed by atoms with Gasteiger partial charge in [0.15, 0.2) is 5.82 Å². The molecule has 0 radical (unpaired) electrons. The van der Waals surface area contributed by atoms with Crippen LogP contribution in [0, 0.1) is 12.7 Å². The van der Waals surface area contributed by atoms with Crippen molar-refractivity contribution in [2.45, 2.75) is 68.9 Å². The van der Waals surface area contributed by atoms with Gasteiger partial charge in [0, 0.05) is 37.2 Å². The number of hydrogen-bond acceptors (Lipinski definition) is 8. The number of benzene rings is 2. The smallest absolute Gasteiger partial charge is 0.319 e. The molecular formula is C33H34F2N6O2. The molecule has 5 aliphatic heterocycles. The highest BCUT2D eigenvalue weighted by molar-refractivity contribution is 6.01. The number of fused-ring (bicyclic) bond motifs is 7. The van der Waals surface area contributed by atoms with Gasteiger partial charge in [0.25, 0.3) is 0 Å². The summed E-state index contributed by atoms with van der Waals surface area (Å²) in [5, 5.41) is 6.13. The molecular weight excluding hydrogens is 550 g/mol. The summed E-state index contributed by atoms with van der Waals surface area (Å²) >= 11 is 0. The molecule has 1 N–H and O–H groups in total. The van der Waals surface area contributed by atoms with Crippen LogP contribution in [0.1, 0.15) is 37.7 Å². The number of ether oxygens (including phenoxy) is 2. The van der Waals surface area contributed by atoms with Crippen molar-refractivity contribution in [3.8, 4) is 23.1 Å². The van der Waals surface area contributed by atoms with Crippen LogP contribution in [0.5, 0.6) is 11.9 Å². The predicted octanol–water partition coefficient (Wildman–Crippen LogP) is 4.95. The molecule has 9 rings (SSSR count). The van der Waals surface area contributed by atoms with Gasteiger partial charge < -0.3 is 19.7 Å². The zero-order chi connectivity index (χ0) is 28.9. The van der Waals surface area contributed by atoms with Crippen molar-refractivity contribution in [1.82, 2.24) is 25.2 Å². The first-order chi connectivity index (χ1) is 21.0. The number of halogens is 2. The third-order valence-electron chi connectivity index (χ3n) is 10.5. The van der Waals surface area contributed by atoms with E-state index in [4.69, 9.17) is 24.4 Å². The van der Waals surface area contributed by atoms with E-state index in [0.717, 1.165) is 55.1 Å². The first-order valence-corrected chi connectivity index (χ1v) is 15.5. The summed E-state index contributed by atoms with van der Waals surface area (Å²) in [5.41, 5.74) is 1.75.